The van der Waals surface area contributed by atoms with Gasteiger partial charge in [-0.25, -0.2) is 0 Å². The third-order valence-electron chi connectivity index (χ3n) is 9.68. The number of carboxylic acid groups (broad SMARTS) is 1. The van der Waals surface area contributed by atoms with Gasteiger partial charge in [-0.15, -0.1) is 17.0 Å². The molecule has 2 aliphatic rings. The first-order valence-electron chi connectivity index (χ1n) is 17.6. The summed E-state index contributed by atoms with van der Waals surface area (Å²) in [5, 5.41) is 55.8. The first kappa shape index (κ1) is 40.8. The summed E-state index contributed by atoms with van der Waals surface area (Å²) in [7, 11) is 1.65. The maximum Gasteiger partial charge on any atom is 0.300 e. The average Bonchev–Trinajstić information content (AvgIpc) is 3.18. The fourth-order valence-electron chi connectivity index (χ4n) is 7.13. The monoisotopic (exact) mass is 822 g/mol. The summed E-state index contributed by atoms with van der Waals surface area (Å²) in [4.78, 5) is 9.00. The van der Waals surface area contributed by atoms with Crippen molar-refractivity contribution < 1.29 is 49.6 Å². The van der Waals surface area contributed by atoms with E-state index in [2.05, 4.69) is 12.1 Å². The molecule has 290 valence electrons. The molecule has 0 fully saturated rings. The molecule has 4 atom stereocenters. The Morgan fingerprint density at radius 1 is 0.518 bits per heavy atom. The second-order valence-corrected chi connectivity index (χ2v) is 13.3. The van der Waals surface area contributed by atoms with Crippen LogP contribution in [-0.2, 0) is 4.79 Å². The smallest absolute Gasteiger partial charge is 0.300 e. The molecule has 6 aromatic carbocycles. The number of aliphatic carboxylic acids is 1. The molecule has 0 saturated carbocycles. The van der Waals surface area contributed by atoms with E-state index < -0.39 is 5.97 Å². The van der Waals surface area contributed by atoms with Gasteiger partial charge in [0.25, 0.3) is 5.97 Å². The SMILES string of the molecule is Br.CC(=O)O.COc1ccc(C2c3ccc(O)cc3OCC2c2ccc(O)cc2)cc1.Oc1ccc(C2COc3cc(O)ccc3C2c2ccc(O)cc2)cc1. The number of carbonyl (C=O) groups is 1. The van der Waals surface area contributed by atoms with Gasteiger partial charge < -0.3 is 44.8 Å². The molecule has 2 aliphatic heterocycles. The molecule has 11 heteroatoms. The van der Waals surface area contributed by atoms with Gasteiger partial charge in [0, 0.05) is 53.9 Å². The fourth-order valence-corrected chi connectivity index (χ4v) is 7.13. The van der Waals surface area contributed by atoms with E-state index in [1.54, 1.807) is 67.8 Å². The van der Waals surface area contributed by atoms with E-state index in [1.807, 2.05) is 60.7 Å². The molecule has 56 heavy (non-hydrogen) atoms. The summed E-state index contributed by atoms with van der Waals surface area (Å²) in [5.74, 6) is 2.69. The van der Waals surface area contributed by atoms with Gasteiger partial charge in [0.2, 0.25) is 0 Å². The van der Waals surface area contributed by atoms with Crippen molar-refractivity contribution in [3.63, 3.8) is 0 Å². The molecule has 0 bridgehead atoms. The number of phenols is 5. The lowest BCUT2D eigenvalue weighted by atomic mass is 9.76. The number of rotatable bonds is 5. The topological polar surface area (TPSA) is 166 Å². The van der Waals surface area contributed by atoms with Crippen molar-refractivity contribution in [3.05, 3.63) is 167 Å². The largest absolute Gasteiger partial charge is 0.508 e. The predicted octanol–water partition coefficient (Wildman–Crippen LogP) is 9.19. The van der Waals surface area contributed by atoms with Crippen LogP contribution in [0.3, 0.4) is 0 Å². The van der Waals surface area contributed by atoms with Crippen LogP contribution in [0.5, 0.6) is 46.0 Å². The Morgan fingerprint density at radius 3 is 1.16 bits per heavy atom. The summed E-state index contributed by atoms with van der Waals surface area (Å²) in [6.45, 7) is 2.05. The first-order chi connectivity index (χ1) is 26.5. The Hall–Kier alpha value is -6.33. The first-order valence-corrected chi connectivity index (χ1v) is 17.6. The highest BCUT2D eigenvalue weighted by atomic mass is 79.9. The Kier molecular flexibility index (Phi) is 13.4. The summed E-state index contributed by atoms with van der Waals surface area (Å²) < 4.78 is 17.1. The van der Waals surface area contributed by atoms with Crippen molar-refractivity contribution >= 4 is 23.0 Å². The van der Waals surface area contributed by atoms with E-state index in [0.29, 0.717) is 24.7 Å². The third kappa shape index (κ3) is 9.66. The van der Waals surface area contributed by atoms with E-state index in [0.717, 1.165) is 46.1 Å². The zero-order valence-corrected chi connectivity index (χ0v) is 32.4. The van der Waals surface area contributed by atoms with Crippen LogP contribution in [0.25, 0.3) is 0 Å². The normalized spacial score (nSPS) is 17.6. The van der Waals surface area contributed by atoms with Crippen molar-refractivity contribution in [1.29, 1.82) is 0 Å². The van der Waals surface area contributed by atoms with Gasteiger partial charge in [0.1, 0.15) is 46.0 Å². The minimum Gasteiger partial charge on any atom is -0.508 e. The standard InChI is InChI=1S/C22H20O4.C21H18O4.C2H4O2.BrH/c1-25-18-9-4-15(5-10-18)22-19-11-8-17(24)12-21(19)26-13-20(22)14-2-6-16(23)7-3-14;22-15-5-1-13(2-6-15)19-12-25-20-11-17(24)9-10-18(20)21(19)14-3-7-16(23)8-4-14;1-2(3)4;/h2-12,20,22-24H,13H2,1H3;1-11,19,21-24H,12H2;1H3,(H,3,4);1H. The molecular weight excluding hydrogens is 780 g/mol. The van der Waals surface area contributed by atoms with Crippen LogP contribution < -0.4 is 14.2 Å². The van der Waals surface area contributed by atoms with Crippen LogP contribution in [0.15, 0.2) is 133 Å². The molecule has 8 rings (SSSR count). The van der Waals surface area contributed by atoms with Gasteiger partial charge in [-0.3, -0.25) is 4.79 Å². The van der Waals surface area contributed by atoms with Gasteiger partial charge in [0.15, 0.2) is 0 Å². The lowest BCUT2D eigenvalue weighted by Crippen LogP contribution is -2.25. The van der Waals surface area contributed by atoms with Crippen LogP contribution in [0.4, 0.5) is 0 Å². The van der Waals surface area contributed by atoms with Crippen molar-refractivity contribution in [2.45, 2.75) is 30.6 Å². The molecule has 0 saturated heterocycles. The Labute approximate surface area is 335 Å². The summed E-state index contributed by atoms with van der Waals surface area (Å²) in [6, 6.07) is 40.1. The molecule has 0 radical (unpaired) electrons. The Balaban J connectivity index is 0.000000193. The predicted molar refractivity (Wildman–Crippen MR) is 217 cm³/mol. The molecule has 10 nitrogen and oxygen atoms in total. The van der Waals surface area contributed by atoms with Crippen molar-refractivity contribution in [3.8, 4) is 46.0 Å². The number of halogens is 1. The van der Waals surface area contributed by atoms with Crippen LogP contribution in [0.1, 0.15) is 64.0 Å². The number of benzene rings is 6. The number of fused-ring (bicyclic) bond motifs is 2. The molecular formula is C45H43BrO10. The number of phenolic OH excluding ortho intramolecular Hbond substituents is 5. The van der Waals surface area contributed by atoms with Crippen LogP contribution in [-0.4, -0.2) is 56.9 Å². The average molecular weight is 824 g/mol. The fraction of sp³-hybridized carbons (Fsp3) is 0.178. The van der Waals surface area contributed by atoms with Gasteiger partial charge in [-0.2, -0.15) is 0 Å². The van der Waals surface area contributed by atoms with Gasteiger partial charge in [-0.05, 0) is 82.9 Å². The quantitative estimate of drug-likeness (QED) is 0.0987. The third-order valence-corrected chi connectivity index (χ3v) is 9.68. The molecule has 0 amide bonds. The molecule has 2 heterocycles. The second kappa shape index (κ2) is 18.3. The summed E-state index contributed by atoms with van der Waals surface area (Å²) in [5.41, 5.74) is 6.41. The Morgan fingerprint density at radius 2 is 0.821 bits per heavy atom. The van der Waals surface area contributed by atoms with Crippen molar-refractivity contribution in [1.82, 2.24) is 0 Å². The van der Waals surface area contributed by atoms with Crippen molar-refractivity contribution in [2.24, 2.45) is 0 Å². The highest BCUT2D eigenvalue weighted by Crippen LogP contribution is 2.48. The minimum atomic E-state index is -0.833. The molecule has 6 aromatic rings. The molecule has 0 aromatic heterocycles. The van der Waals surface area contributed by atoms with Crippen molar-refractivity contribution in [2.75, 3.05) is 20.3 Å². The highest BCUT2D eigenvalue weighted by Gasteiger charge is 2.35. The number of aromatic hydroxyl groups is 5. The summed E-state index contributed by atoms with van der Waals surface area (Å²) >= 11 is 0. The second-order valence-electron chi connectivity index (χ2n) is 13.3. The van der Waals surface area contributed by atoms with E-state index >= 15 is 0 Å². The van der Waals surface area contributed by atoms with Gasteiger partial charge in [-0.1, -0.05) is 60.7 Å². The zero-order valence-electron chi connectivity index (χ0n) is 30.6. The number of hydrogen-bond donors (Lipinski definition) is 6. The van der Waals surface area contributed by atoms with E-state index in [-0.39, 0.29) is 69.4 Å². The Bertz CT molecular complexity index is 2200. The van der Waals surface area contributed by atoms with Crippen LogP contribution in [0, 0.1) is 0 Å². The van der Waals surface area contributed by atoms with E-state index in [1.165, 1.54) is 0 Å². The number of carboxylic acids is 1. The number of hydrogen-bond acceptors (Lipinski definition) is 9. The summed E-state index contributed by atoms with van der Waals surface area (Å²) in [6.07, 6.45) is 0. The molecule has 6 N–H and O–H groups in total. The highest BCUT2D eigenvalue weighted by molar-refractivity contribution is 8.93. The lowest BCUT2D eigenvalue weighted by Gasteiger charge is -2.34. The van der Waals surface area contributed by atoms with Crippen LogP contribution in [0.2, 0.25) is 0 Å². The number of methoxy groups -OCH3 is 1. The minimum absolute atomic E-state index is 0. The molecule has 0 aliphatic carbocycles. The van der Waals surface area contributed by atoms with E-state index in [9.17, 15) is 25.5 Å². The van der Waals surface area contributed by atoms with Crippen LogP contribution >= 0.6 is 17.0 Å². The molecule has 0 spiro atoms. The van der Waals surface area contributed by atoms with E-state index in [4.69, 9.17) is 24.1 Å². The zero-order chi connectivity index (χ0) is 39.1. The van der Waals surface area contributed by atoms with Gasteiger partial charge >= 0.3 is 0 Å². The maximum absolute atomic E-state index is 9.80. The number of ether oxygens (including phenoxy) is 3. The van der Waals surface area contributed by atoms with Gasteiger partial charge in [0.05, 0.1) is 20.3 Å². The maximum atomic E-state index is 9.80. The lowest BCUT2D eigenvalue weighted by molar-refractivity contribution is -0.134. The molecule has 4 unspecified atom stereocenters.